The van der Waals surface area contributed by atoms with Gasteiger partial charge in [0.15, 0.2) is 0 Å². The molecule has 2 heterocycles. The fraction of sp³-hybridized carbons (Fsp3) is 0.182. The van der Waals surface area contributed by atoms with Gasteiger partial charge in [0.05, 0.1) is 11.4 Å². The van der Waals surface area contributed by atoms with E-state index in [1.165, 1.54) is 17.7 Å². The molecule has 0 spiro atoms. The van der Waals surface area contributed by atoms with Crippen LogP contribution in [0.5, 0.6) is 0 Å². The summed E-state index contributed by atoms with van der Waals surface area (Å²) in [4.78, 5) is 2.17. The molecule has 2 aromatic carbocycles. The third-order valence-electron chi connectivity index (χ3n) is 4.59. The molecule has 0 amide bonds. The molecular weight excluding hydrogens is 353 g/mol. The van der Waals surface area contributed by atoms with Gasteiger partial charge in [-0.25, -0.2) is 9.07 Å². The van der Waals surface area contributed by atoms with Crippen LogP contribution in [0, 0.1) is 12.7 Å². The second kappa shape index (κ2) is 7.78. The van der Waals surface area contributed by atoms with Crippen LogP contribution < -0.4 is 0 Å². The van der Waals surface area contributed by atoms with E-state index in [-0.39, 0.29) is 5.82 Å². The van der Waals surface area contributed by atoms with Gasteiger partial charge in [-0.15, -0.1) is 0 Å². The Balaban J connectivity index is 1.70. The Morgan fingerprint density at radius 1 is 1.07 bits per heavy atom. The summed E-state index contributed by atoms with van der Waals surface area (Å²) in [5, 5.41) is 11.8. The molecule has 0 saturated carbocycles. The molecule has 28 heavy (non-hydrogen) atoms. The molecule has 0 fully saturated rings. The topological polar surface area (TPSA) is 49.7 Å². The average molecular weight is 375 g/mol. The average Bonchev–Trinajstić information content (AvgIpc) is 3.32. The highest BCUT2D eigenvalue weighted by atomic mass is 19.1. The third kappa shape index (κ3) is 4.02. The third-order valence-corrected chi connectivity index (χ3v) is 4.59. The number of H-pyrrole nitrogens is 1. The van der Waals surface area contributed by atoms with Crippen molar-refractivity contribution < 1.29 is 4.39 Å². The van der Waals surface area contributed by atoms with Crippen molar-refractivity contribution in [2.24, 2.45) is 0 Å². The molecule has 0 aliphatic heterocycles. The van der Waals surface area contributed by atoms with Crippen LogP contribution in [-0.2, 0) is 13.1 Å². The first-order valence-corrected chi connectivity index (χ1v) is 9.17. The van der Waals surface area contributed by atoms with Gasteiger partial charge in [0.2, 0.25) is 0 Å². The lowest BCUT2D eigenvalue weighted by molar-refractivity contribution is 0.315. The Morgan fingerprint density at radius 3 is 2.68 bits per heavy atom. The van der Waals surface area contributed by atoms with Gasteiger partial charge in [-0.2, -0.15) is 10.2 Å². The standard InChI is InChI=1S/C22H22FN5/c1-16-5-3-8-21(11-16)28-14-18(13-27(2)15-20-9-10-24-25-20)22(26-28)17-6-4-7-19(23)12-17/h3-12,14H,13,15H2,1-2H3,(H,24,25). The molecule has 0 aliphatic carbocycles. The van der Waals surface area contributed by atoms with Crippen LogP contribution >= 0.6 is 0 Å². The summed E-state index contributed by atoms with van der Waals surface area (Å²) in [6, 6.07) is 16.7. The molecule has 0 unspecified atom stereocenters. The Hall–Kier alpha value is -3.25. The SMILES string of the molecule is Cc1cccc(-n2cc(CN(C)Cc3ccn[nH]3)c(-c3cccc(F)c3)n2)c1. The second-order valence-electron chi connectivity index (χ2n) is 7.05. The lowest BCUT2D eigenvalue weighted by atomic mass is 10.1. The first-order chi connectivity index (χ1) is 13.6. The minimum absolute atomic E-state index is 0.264. The zero-order chi connectivity index (χ0) is 19.5. The van der Waals surface area contributed by atoms with Crippen LogP contribution in [0.4, 0.5) is 4.39 Å². The summed E-state index contributed by atoms with van der Waals surface area (Å²) in [5.74, 6) is -0.264. The lowest BCUT2D eigenvalue weighted by Gasteiger charge is -2.15. The van der Waals surface area contributed by atoms with Gasteiger partial charge in [-0.1, -0.05) is 24.3 Å². The maximum absolute atomic E-state index is 13.8. The zero-order valence-corrected chi connectivity index (χ0v) is 15.9. The molecular formula is C22H22FN5. The molecule has 4 rings (SSSR count). The fourth-order valence-corrected chi connectivity index (χ4v) is 3.32. The van der Waals surface area contributed by atoms with E-state index in [9.17, 15) is 4.39 Å². The van der Waals surface area contributed by atoms with E-state index in [2.05, 4.69) is 34.2 Å². The summed E-state index contributed by atoms with van der Waals surface area (Å²) in [5.41, 5.74) is 5.79. The van der Waals surface area contributed by atoms with Gasteiger partial charge in [-0.05, 0) is 49.9 Å². The molecule has 0 atom stereocenters. The molecule has 2 aromatic heterocycles. The van der Waals surface area contributed by atoms with Crippen molar-refractivity contribution in [1.29, 1.82) is 0 Å². The smallest absolute Gasteiger partial charge is 0.123 e. The van der Waals surface area contributed by atoms with Crippen LogP contribution in [0.2, 0.25) is 0 Å². The summed E-state index contributed by atoms with van der Waals surface area (Å²) in [6.07, 6.45) is 3.77. The number of hydrogen-bond donors (Lipinski definition) is 1. The van der Waals surface area contributed by atoms with Gasteiger partial charge in [0, 0.05) is 42.3 Å². The van der Waals surface area contributed by atoms with Crippen LogP contribution in [0.25, 0.3) is 16.9 Å². The number of nitrogens with one attached hydrogen (secondary N) is 1. The maximum Gasteiger partial charge on any atom is 0.123 e. The second-order valence-corrected chi connectivity index (χ2v) is 7.05. The molecule has 5 nitrogen and oxygen atoms in total. The highest BCUT2D eigenvalue weighted by molar-refractivity contribution is 5.63. The number of benzene rings is 2. The number of aromatic nitrogens is 4. The predicted octanol–water partition coefficient (Wildman–Crippen LogP) is 4.34. The minimum atomic E-state index is -0.264. The molecule has 6 heteroatoms. The van der Waals surface area contributed by atoms with E-state index >= 15 is 0 Å². The van der Waals surface area contributed by atoms with Gasteiger partial charge in [-0.3, -0.25) is 10.00 Å². The maximum atomic E-state index is 13.8. The van der Waals surface area contributed by atoms with Crippen molar-refractivity contribution >= 4 is 0 Å². The normalized spacial score (nSPS) is 11.3. The van der Waals surface area contributed by atoms with E-state index in [4.69, 9.17) is 5.10 Å². The van der Waals surface area contributed by atoms with E-state index in [1.807, 2.05) is 42.2 Å². The largest absolute Gasteiger partial charge is 0.296 e. The van der Waals surface area contributed by atoms with Crippen molar-refractivity contribution in [2.45, 2.75) is 20.0 Å². The first kappa shape index (κ1) is 18.1. The fourth-order valence-electron chi connectivity index (χ4n) is 3.32. The van der Waals surface area contributed by atoms with Crippen molar-refractivity contribution in [3.63, 3.8) is 0 Å². The highest BCUT2D eigenvalue weighted by Crippen LogP contribution is 2.26. The number of halogens is 1. The molecule has 0 aliphatic rings. The lowest BCUT2D eigenvalue weighted by Crippen LogP contribution is -2.17. The minimum Gasteiger partial charge on any atom is -0.296 e. The quantitative estimate of drug-likeness (QED) is 0.545. The number of aromatic amines is 1. The van der Waals surface area contributed by atoms with E-state index in [0.29, 0.717) is 6.54 Å². The Morgan fingerprint density at radius 2 is 1.93 bits per heavy atom. The Kier molecular flexibility index (Phi) is 5.04. The highest BCUT2D eigenvalue weighted by Gasteiger charge is 2.15. The number of aryl methyl sites for hydroxylation is 1. The molecule has 0 radical (unpaired) electrons. The molecule has 4 aromatic rings. The molecule has 142 valence electrons. The number of hydrogen-bond acceptors (Lipinski definition) is 3. The van der Waals surface area contributed by atoms with Gasteiger partial charge in [0.1, 0.15) is 5.82 Å². The molecule has 0 saturated heterocycles. The van der Waals surface area contributed by atoms with Gasteiger partial charge in [0.25, 0.3) is 0 Å². The number of rotatable bonds is 6. The van der Waals surface area contributed by atoms with E-state index < -0.39 is 0 Å². The monoisotopic (exact) mass is 375 g/mol. The van der Waals surface area contributed by atoms with Crippen LogP contribution in [0.3, 0.4) is 0 Å². The Bertz CT molecular complexity index is 1070. The first-order valence-electron chi connectivity index (χ1n) is 9.17. The number of nitrogens with zero attached hydrogens (tertiary/aromatic N) is 4. The summed E-state index contributed by atoms with van der Waals surface area (Å²) >= 11 is 0. The van der Waals surface area contributed by atoms with E-state index in [0.717, 1.165) is 34.7 Å². The summed E-state index contributed by atoms with van der Waals surface area (Å²) < 4.78 is 15.7. The molecule has 1 N–H and O–H groups in total. The van der Waals surface area contributed by atoms with Crippen molar-refractivity contribution in [2.75, 3.05) is 7.05 Å². The van der Waals surface area contributed by atoms with E-state index in [1.54, 1.807) is 12.3 Å². The van der Waals surface area contributed by atoms with Gasteiger partial charge < -0.3 is 0 Å². The summed E-state index contributed by atoms with van der Waals surface area (Å²) in [7, 11) is 2.04. The van der Waals surface area contributed by atoms with Crippen molar-refractivity contribution in [1.82, 2.24) is 24.9 Å². The van der Waals surface area contributed by atoms with Crippen molar-refractivity contribution in [3.05, 3.63) is 89.6 Å². The zero-order valence-electron chi connectivity index (χ0n) is 15.9. The predicted molar refractivity (Wildman–Crippen MR) is 107 cm³/mol. The van der Waals surface area contributed by atoms with Gasteiger partial charge >= 0.3 is 0 Å². The van der Waals surface area contributed by atoms with Crippen LogP contribution in [-0.4, -0.2) is 31.9 Å². The molecule has 0 bridgehead atoms. The van der Waals surface area contributed by atoms with Crippen molar-refractivity contribution in [3.8, 4) is 16.9 Å². The van der Waals surface area contributed by atoms with Crippen LogP contribution in [0.15, 0.2) is 67.0 Å². The Labute approximate surface area is 163 Å². The van der Waals surface area contributed by atoms with Crippen LogP contribution in [0.1, 0.15) is 16.8 Å². The summed E-state index contributed by atoms with van der Waals surface area (Å²) in [6.45, 7) is 3.47.